The SMILES string of the molecule is CCOC(=O)CCC(=O)Nc1ccc(C2NC(=S)N(CC)C(C)=C2C(=O)OC)cc1. The minimum Gasteiger partial charge on any atom is -0.466 e. The van der Waals surface area contributed by atoms with Crippen LogP contribution in [-0.2, 0) is 23.9 Å². The molecular weight excluding hydrogens is 406 g/mol. The van der Waals surface area contributed by atoms with Crippen molar-refractivity contribution in [1.29, 1.82) is 0 Å². The molecule has 0 saturated carbocycles. The van der Waals surface area contributed by atoms with Gasteiger partial charge < -0.3 is 25.0 Å². The monoisotopic (exact) mass is 433 g/mol. The summed E-state index contributed by atoms with van der Waals surface area (Å²) in [5, 5.41) is 6.47. The molecule has 1 heterocycles. The number of benzene rings is 1. The highest BCUT2D eigenvalue weighted by Crippen LogP contribution is 2.31. The molecule has 1 unspecified atom stereocenters. The maximum absolute atomic E-state index is 12.4. The van der Waals surface area contributed by atoms with Crippen LogP contribution in [0.5, 0.6) is 0 Å². The number of anilines is 1. The second-order valence-electron chi connectivity index (χ2n) is 6.59. The highest BCUT2D eigenvalue weighted by atomic mass is 32.1. The van der Waals surface area contributed by atoms with Gasteiger partial charge in [-0.05, 0) is 50.7 Å². The van der Waals surface area contributed by atoms with E-state index in [0.29, 0.717) is 22.9 Å². The molecule has 1 aliphatic rings. The quantitative estimate of drug-likeness (QED) is 0.477. The summed E-state index contributed by atoms with van der Waals surface area (Å²) in [7, 11) is 1.35. The van der Waals surface area contributed by atoms with E-state index in [1.54, 1.807) is 31.2 Å². The molecule has 1 atom stereocenters. The van der Waals surface area contributed by atoms with E-state index in [1.807, 2.05) is 18.7 Å². The lowest BCUT2D eigenvalue weighted by molar-refractivity contribution is -0.144. The Labute approximate surface area is 181 Å². The van der Waals surface area contributed by atoms with Crippen LogP contribution in [0.1, 0.15) is 45.2 Å². The number of amides is 1. The maximum Gasteiger partial charge on any atom is 0.337 e. The Morgan fingerprint density at radius 3 is 2.40 bits per heavy atom. The number of ether oxygens (including phenoxy) is 2. The van der Waals surface area contributed by atoms with Crippen molar-refractivity contribution < 1.29 is 23.9 Å². The fourth-order valence-electron chi connectivity index (χ4n) is 3.22. The van der Waals surface area contributed by atoms with E-state index in [1.165, 1.54) is 7.11 Å². The first-order valence-electron chi connectivity index (χ1n) is 9.74. The molecular formula is C21H27N3O5S. The molecule has 1 amide bonds. The number of hydrogen-bond donors (Lipinski definition) is 2. The van der Waals surface area contributed by atoms with Gasteiger partial charge >= 0.3 is 11.9 Å². The zero-order chi connectivity index (χ0) is 22.3. The minimum absolute atomic E-state index is 0.0294. The van der Waals surface area contributed by atoms with E-state index in [2.05, 4.69) is 10.6 Å². The van der Waals surface area contributed by atoms with E-state index in [9.17, 15) is 14.4 Å². The number of allylic oxidation sites excluding steroid dienone is 1. The van der Waals surface area contributed by atoms with Crippen LogP contribution in [0.3, 0.4) is 0 Å². The number of thiocarbonyl (C=S) groups is 1. The lowest BCUT2D eigenvalue weighted by Gasteiger charge is -2.36. The van der Waals surface area contributed by atoms with E-state index in [-0.39, 0.29) is 25.4 Å². The van der Waals surface area contributed by atoms with Gasteiger partial charge in [0.15, 0.2) is 5.11 Å². The van der Waals surface area contributed by atoms with Crippen molar-refractivity contribution in [1.82, 2.24) is 10.2 Å². The lowest BCUT2D eigenvalue weighted by Crippen LogP contribution is -2.47. The molecule has 1 aromatic carbocycles. The van der Waals surface area contributed by atoms with Gasteiger partial charge in [0, 0.05) is 24.4 Å². The summed E-state index contributed by atoms with van der Waals surface area (Å²) in [5.74, 6) is -1.11. The maximum atomic E-state index is 12.4. The Balaban J connectivity index is 2.15. The number of rotatable bonds is 8. The molecule has 0 aromatic heterocycles. The summed E-state index contributed by atoms with van der Waals surface area (Å²) in [5.41, 5.74) is 2.62. The van der Waals surface area contributed by atoms with Gasteiger partial charge in [0.2, 0.25) is 5.91 Å². The van der Waals surface area contributed by atoms with Crippen molar-refractivity contribution in [2.24, 2.45) is 0 Å². The number of nitrogens with zero attached hydrogens (tertiary/aromatic N) is 1. The Hall–Kier alpha value is -2.94. The minimum atomic E-state index is -0.457. The molecule has 1 aliphatic heterocycles. The van der Waals surface area contributed by atoms with Gasteiger partial charge in [-0.25, -0.2) is 4.79 Å². The highest BCUT2D eigenvalue weighted by molar-refractivity contribution is 7.80. The normalized spacial score (nSPS) is 16.1. The third kappa shape index (κ3) is 5.56. The van der Waals surface area contributed by atoms with Gasteiger partial charge in [0.25, 0.3) is 0 Å². The van der Waals surface area contributed by atoms with Crippen LogP contribution >= 0.6 is 12.2 Å². The third-order valence-electron chi connectivity index (χ3n) is 4.71. The van der Waals surface area contributed by atoms with E-state index >= 15 is 0 Å². The Kier molecular flexibility index (Phi) is 8.35. The predicted molar refractivity (Wildman–Crippen MR) is 117 cm³/mol. The van der Waals surface area contributed by atoms with Crippen LogP contribution in [0.25, 0.3) is 0 Å². The van der Waals surface area contributed by atoms with E-state index in [4.69, 9.17) is 21.7 Å². The molecule has 162 valence electrons. The zero-order valence-electron chi connectivity index (χ0n) is 17.6. The molecule has 0 bridgehead atoms. The first-order chi connectivity index (χ1) is 14.3. The molecule has 9 heteroatoms. The molecule has 8 nitrogen and oxygen atoms in total. The number of carbonyl (C=O) groups excluding carboxylic acids is 3. The van der Waals surface area contributed by atoms with Gasteiger partial charge in [-0.3, -0.25) is 9.59 Å². The average Bonchev–Trinajstić information content (AvgIpc) is 2.72. The molecule has 2 rings (SSSR count). The Morgan fingerprint density at radius 1 is 1.17 bits per heavy atom. The summed E-state index contributed by atoms with van der Waals surface area (Å²) >= 11 is 5.44. The van der Waals surface area contributed by atoms with Crippen molar-refractivity contribution in [2.45, 2.75) is 39.7 Å². The highest BCUT2D eigenvalue weighted by Gasteiger charge is 2.33. The molecule has 0 fully saturated rings. The molecule has 0 spiro atoms. The fraction of sp³-hybridized carbons (Fsp3) is 0.429. The van der Waals surface area contributed by atoms with Crippen molar-refractivity contribution in [3.63, 3.8) is 0 Å². The summed E-state index contributed by atoms with van der Waals surface area (Å²) in [4.78, 5) is 37.7. The molecule has 30 heavy (non-hydrogen) atoms. The van der Waals surface area contributed by atoms with Crippen molar-refractivity contribution in [3.8, 4) is 0 Å². The first kappa shape index (κ1) is 23.3. The van der Waals surface area contributed by atoms with Crippen LogP contribution in [0.4, 0.5) is 5.69 Å². The number of nitrogens with one attached hydrogen (secondary N) is 2. The standard InChI is InChI=1S/C21H27N3O5S/c1-5-24-13(3)18(20(27)28-4)19(23-21(24)30)14-7-9-15(10-8-14)22-16(25)11-12-17(26)29-6-2/h7-10,19H,5-6,11-12H2,1-4H3,(H,22,25)(H,23,30). The molecule has 0 saturated heterocycles. The molecule has 2 N–H and O–H groups in total. The third-order valence-corrected chi connectivity index (χ3v) is 5.05. The van der Waals surface area contributed by atoms with Crippen LogP contribution in [0.15, 0.2) is 35.5 Å². The molecule has 1 aromatic rings. The summed E-state index contributed by atoms with van der Waals surface area (Å²) < 4.78 is 9.79. The van der Waals surface area contributed by atoms with Gasteiger partial charge in [0.05, 0.1) is 31.8 Å². The van der Waals surface area contributed by atoms with E-state index < -0.39 is 18.0 Å². The predicted octanol–water partition coefficient (Wildman–Crippen LogP) is 2.67. The van der Waals surface area contributed by atoms with Gasteiger partial charge in [-0.2, -0.15) is 0 Å². The van der Waals surface area contributed by atoms with Gasteiger partial charge in [0.1, 0.15) is 0 Å². The number of carbonyl (C=O) groups is 3. The second kappa shape index (κ2) is 10.7. The Bertz CT molecular complexity index is 851. The second-order valence-corrected chi connectivity index (χ2v) is 6.98. The van der Waals surface area contributed by atoms with Crippen molar-refractivity contribution in [3.05, 3.63) is 41.1 Å². The van der Waals surface area contributed by atoms with Crippen molar-refractivity contribution in [2.75, 3.05) is 25.6 Å². The van der Waals surface area contributed by atoms with Crippen LogP contribution in [0.2, 0.25) is 0 Å². The van der Waals surface area contributed by atoms with Crippen LogP contribution in [0, 0.1) is 0 Å². The number of methoxy groups -OCH3 is 1. The van der Waals surface area contributed by atoms with Crippen LogP contribution < -0.4 is 10.6 Å². The summed E-state index contributed by atoms with van der Waals surface area (Å²) in [6.07, 6.45) is 0.0714. The summed E-state index contributed by atoms with van der Waals surface area (Å²) in [6.45, 7) is 6.43. The summed E-state index contributed by atoms with van der Waals surface area (Å²) in [6, 6.07) is 6.62. The molecule has 0 aliphatic carbocycles. The smallest absolute Gasteiger partial charge is 0.337 e. The lowest BCUT2D eigenvalue weighted by atomic mass is 9.95. The van der Waals surface area contributed by atoms with Gasteiger partial charge in [-0.1, -0.05) is 12.1 Å². The van der Waals surface area contributed by atoms with E-state index in [0.717, 1.165) is 11.3 Å². The van der Waals surface area contributed by atoms with Gasteiger partial charge in [-0.15, -0.1) is 0 Å². The number of hydrogen-bond acceptors (Lipinski definition) is 6. The molecule has 0 radical (unpaired) electrons. The number of esters is 2. The first-order valence-corrected chi connectivity index (χ1v) is 10.2. The zero-order valence-corrected chi connectivity index (χ0v) is 18.4. The Morgan fingerprint density at radius 2 is 1.83 bits per heavy atom. The largest absolute Gasteiger partial charge is 0.466 e. The fourth-order valence-corrected chi connectivity index (χ4v) is 3.60. The average molecular weight is 434 g/mol. The van der Waals surface area contributed by atoms with Crippen LogP contribution in [-0.4, -0.2) is 48.1 Å². The topological polar surface area (TPSA) is 97.0 Å². The van der Waals surface area contributed by atoms with Crippen molar-refractivity contribution >= 4 is 40.9 Å².